The van der Waals surface area contributed by atoms with Crippen molar-refractivity contribution in [2.45, 2.75) is 12.5 Å². The summed E-state index contributed by atoms with van der Waals surface area (Å²) in [6.07, 6.45) is 1.47. The molecule has 0 spiro atoms. The SMILES string of the molecule is CN1CCOC(c2nc(CC(N)=O)nn2-c2ccccn2)C1. The van der Waals surface area contributed by atoms with Gasteiger partial charge in [-0.1, -0.05) is 6.07 Å². The average Bonchev–Trinajstić information content (AvgIpc) is 2.91. The van der Waals surface area contributed by atoms with Crippen LogP contribution in [0.4, 0.5) is 0 Å². The molecule has 116 valence electrons. The van der Waals surface area contributed by atoms with Gasteiger partial charge in [0, 0.05) is 19.3 Å². The Kier molecular flexibility index (Phi) is 4.12. The van der Waals surface area contributed by atoms with Crippen molar-refractivity contribution >= 4 is 5.91 Å². The summed E-state index contributed by atoms with van der Waals surface area (Å²) in [7, 11) is 2.03. The van der Waals surface area contributed by atoms with Gasteiger partial charge in [-0.15, -0.1) is 5.10 Å². The monoisotopic (exact) mass is 302 g/mol. The van der Waals surface area contributed by atoms with Crippen LogP contribution in [0.1, 0.15) is 17.8 Å². The molecule has 1 unspecified atom stereocenters. The van der Waals surface area contributed by atoms with Gasteiger partial charge in [0.05, 0.1) is 13.0 Å². The smallest absolute Gasteiger partial charge is 0.225 e. The molecule has 3 rings (SSSR count). The van der Waals surface area contributed by atoms with Gasteiger partial charge in [-0.05, 0) is 19.2 Å². The number of morpholine rings is 1. The van der Waals surface area contributed by atoms with E-state index >= 15 is 0 Å². The number of amides is 1. The Labute approximate surface area is 127 Å². The maximum atomic E-state index is 11.1. The number of hydrogen-bond donors (Lipinski definition) is 1. The maximum absolute atomic E-state index is 11.1. The number of rotatable bonds is 4. The fourth-order valence-corrected chi connectivity index (χ4v) is 2.39. The third-order valence-corrected chi connectivity index (χ3v) is 3.43. The summed E-state index contributed by atoms with van der Waals surface area (Å²) in [5.41, 5.74) is 5.24. The van der Waals surface area contributed by atoms with E-state index in [1.807, 2.05) is 25.2 Å². The summed E-state index contributed by atoms with van der Waals surface area (Å²) in [5.74, 6) is 1.19. The van der Waals surface area contributed by atoms with Crippen molar-refractivity contribution in [2.75, 3.05) is 26.7 Å². The molecule has 1 aliphatic heterocycles. The van der Waals surface area contributed by atoms with Crippen molar-refractivity contribution in [3.8, 4) is 5.82 Å². The number of carbonyl (C=O) groups excluding carboxylic acids is 1. The fraction of sp³-hybridized carbons (Fsp3) is 0.429. The van der Waals surface area contributed by atoms with Gasteiger partial charge < -0.3 is 15.4 Å². The van der Waals surface area contributed by atoms with E-state index in [1.165, 1.54) is 0 Å². The van der Waals surface area contributed by atoms with E-state index in [-0.39, 0.29) is 12.5 Å². The molecule has 1 aliphatic rings. The number of ether oxygens (including phenoxy) is 1. The maximum Gasteiger partial charge on any atom is 0.225 e. The van der Waals surface area contributed by atoms with Crippen molar-refractivity contribution in [2.24, 2.45) is 5.73 Å². The quantitative estimate of drug-likeness (QED) is 0.832. The van der Waals surface area contributed by atoms with E-state index < -0.39 is 5.91 Å². The summed E-state index contributed by atoms with van der Waals surface area (Å²) in [4.78, 5) is 22.0. The third kappa shape index (κ3) is 3.12. The predicted octanol–water partition coefficient (Wildman–Crippen LogP) is -0.307. The number of pyridine rings is 1. The normalized spacial score (nSPS) is 19.2. The molecule has 0 aromatic carbocycles. The van der Waals surface area contributed by atoms with Crippen LogP contribution >= 0.6 is 0 Å². The first kappa shape index (κ1) is 14.6. The minimum Gasteiger partial charge on any atom is -0.369 e. The van der Waals surface area contributed by atoms with Gasteiger partial charge in [0.15, 0.2) is 17.5 Å². The first-order valence-electron chi connectivity index (χ1n) is 7.09. The number of carbonyl (C=O) groups is 1. The van der Waals surface area contributed by atoms with Crippen LogP contribution in [-0.4, -0.2) is 57.3 Å². The second-order valence-corrected chi connectivity index (χ2v) is 5.25. The minimum absolute atomic E-state index is 0.00457. The van der Waals surface area contributed by atoms with Gasteiger partial charge in [-0.25, -0.2) is 9.97 Å². The van der Waals surface area contributed by atoms with Crippen molar-refractivity contribution in [1.82, 2.24) is 24.6 Å². The highest BCUT2D eigenvalue weighted by Crippen LogP contribution is 2.22. The molecule has 0 bridgehead atoms. The molecule has 2 aromatic heterocycles. The Morgan fingerprint density at radius 3 is 3.05 bits per heavy atom. The second-order valence-electron chi connectivity index (χ2n) is 5.25. The molecular weight excluding hydrogens is 284 g/mol. The molecule has 1 saturated heterocycles. The van der Waals surface area contributed by atoms with Gasteiger partial charge in [0.1, 0.15) is 6.10 Å². The number of nitrogens with zero attached hydrogens (tertiary/aromatic N) is 5. The average molecular weight is 302 g/mol. The van der Waals surface area contributed by atoms with Crippen LogP contribution in [0, 0.1) is 0 Å². The van der Waals surface area contributed by atoms with E-state index in [2.05, 4.69) is 20.0 Å². The molecule has 1 fully saturated rings. The van der Waals surface area contributed by atoms with Crippen LogP contribution in [0.25, 0.3) is 5.82 Å². The Bertz CT molecular complexity index is 657. The Balaban J connectivity index is 1.99. The standard InChI is InChI=1S/C14H18N6O2/c1-19-6-7-22-10(9-19)14-17-12(8-11(15)21)18-20(14)13-4-2-3-5-16-13/h2-5,10H,6-9H2,1H3,(H2,15,21). The van der Waals surface area contributed by atoms with Gasteiger partial charge in [-0.3, -0.25) is 4.79 Å². The molecular formula is C14H18N6O2. The van der Waals surface area contributed by atoms with Gasteiger partial charge in [-0.2, -0.15) is 4.68 Å². The van der Waals surface area contributed by atoms with Gasteiger partial charge in [0.2, 0.25) is 5.91 Å². The highest BCUT2D eigenvalue weighted by atomic mass is 16.5. The highest BCUT2D eigenvalue weighted by Gasteiger charge is 2.26. The Hall–Kier alpha value is -2.32. The third-order valence-electron chi connectivity index (χ3n) is 3.43. The van der Waals surface area contributed by atoms with Crippen LogP contribution in [0.2, 0.25) is 0 Å². The molecule has 1 atom stereocenters. The van der Waals surface area contributed by atoms with Crippen LogP contribution < -0.4 is 5.73 Å². The lowest BCUT2D eigenvalue weighted by Gasteiger charge is -2.29. The molecule has 3 heterocycles. The van der Waals surface area contributed by atoms with E-state index in [1.54, 1.807) is 10.9 Å². The largest absolute Gasteiger partial charge is 0.369 e. The van der Waals surface area contributed by atoms with Crippen molar-refractivity contribution < 1.29 is 9.53 Å². The lowest BCUT2D eigenvalue weighted by atomic mass is 10.2. The zero-order valence-electron chi connectivity index (χ0n) is 12.3. The molecule has 2 N–H and O–H groups in total. The molecule has 1 amide bonds. The summed E-state index contributed by atoms with van der Waals surface area (Å²) in [6.45, 7) is 2.21. The first-order valence-corrected chi connectivity index (χ1v) is 7.09. The molecule has 0 aliphatic carbocycles. The molecule has 2 aromatic rings. The number of likely N-dealkylation sites (N-methyl/N-ethyl adjacent to an activating group) is 1. The van der Waals surface area contributed by atoms with Crippen LogP contribution in [0.15, 0.2) is 24.4 Å². The summed E-state index contributed by atoms with van der Waals surface area (Å²) >= 11 is 0. The Morgan fingerprint density at radius 1 is 1.50 bits per heavy atom. The topological polar surface area (TPSA) is 99.2 Å². The number of hydrogen-bond acceptors (Lipinski definition) is 6. The molecule has 22 heavy (non-hydrogen) atoms. The number of nitrogens with two attached hydrogens (primary N) is 1. The summed E-state index contributed by atoms with van der Waals surface area (Å²) < 4.78 is 7.43. The van der Waals surface area contributed by atoms with Gasteiger partial charge >= 0.3 is 0 Å². The zero-order chi connectivity index (χ0) is 15.5. The second kappa shape index (κ2) is 6.20. The van der Waals surface area contributed by atoms with Crippen molar-refractivity contribution in [3.05, 3.63) is 36.0 Å². The molecule has 0 radical (unpaired) electrons. The van der Waals surface area contributed by atoms with Crippen LogP contribution in [0.5, 0.6) is 0 Å². The van der Waals surface area contributed by atoms with E-state index in [4.69, 9.17) is 10.5 Å². The minimum atomic E-state index is -0.466. The number of primary amides is 1. The van der Waals surface area contributed by atoms with Crippen molar-refractivity contribution in [3.63, 3.8) is 0 Å². The predicted molar refractivity (Wildman–Crippen MR) is 78.2 cm³/mol. The summed E-state index contributed by atoms with van der Waals surface area (Å²) in [6, 6.07) is 5.53. The molecule has 0 saturated carbocycles. The number of aromatic nitrogens is 4. The lowest BCUT2D eigenvalue weighted by Crippen LogP contribution is -2.36. The van der Waals surface area contributed by atoms with E-state index in [0.29, 0.717) is 30.6 Å². The highest BCUT2D eigenvalue weighted by molar-refractivity contribution is 5.75. The molecule has 8 nitrogen and oxygen atoms in total. The van der Waals surface area contributed by atoms with E-state index in [9.17, 15) is 4.79 Å². The van der Waals surface area contributed by atoms with Crippen LogP contribution in [-0.2, 0) is 16.0 Å². The van der Waals surface area contributed by atoms with Crippen LogP contribution in [0.3, 0.4) is 0 Å². The zero-order valence-corrected chi connectivity index (χ0v) is 12.3. The first-order chi connectivity index (χ1) is 10.6. The lowest BCUT2D eigenvalue weighted by molar-refractivity contribution is -0.117. The summed E-state index contributed by atoms with van der Waals surface area (Å²) in [5, 5.41) is 4.36. The Morgan fingerprint density at radius 2 is 2.36 bits per heavy atom. The fourth-order valence-electron chi connectivity index (χ4n) is 2.39. The van der Waals surface area contributed by atoms with E-state index in [0.717, 1.165) is 6.54 Å². The van der Waals surface area contributed by atoms with Gasteiger partial charge in [0.25, 0.3) is 0 Å². The van der Waals surface area contributed by atoms with Crippen molar-refractivity contribution in [1.29, 1.82) is 0 Å². The molecule has 8 heteroatoms.